The minimum absolute atomic E-state index is 0.200. The number of esters is 1. The molecule has 0 fully saturated rings. The van der Waals surface area contributed by atoms with Gasteiger partial charge in [-0.3, -0.25) is 0 Å². The van der Waals surface area contributed by atoms with Crippen molar-refractivity contribution in [2.24, 2.45) is 0 Å². The highest BCUT2D eigenvalue weighted by molar-refractivity contribution is 5.92. The summed E-state index contributed by atoms with van der Waals surface area (Å²) in [6.07, 6.45) is 1.46. The predicted molar refractivity (Wildman–Crippen MR) is 104 cm³/mol. The number of hydrogen-bond acceptors (Lipinski definition) is 6. The van der Waals surface area contributed by atoms with Gasteiger partial charge in [-0.25, -0.2) is 9.48 Å². The molecule has 2 heterocycles. The van der Waals surface area contributed by atoms with Crippen molar-refractivity contribution in [3.63, 3.8) is 0 Å². The van der Waals surface area contributed by atoms with Gasteiger partial charge in [-0.15, -0.1) is 0 Å². The first-order chi connectivity index (χ1) is 13.7. The molecule has 1 aromatic heterocycles. The highest BCUT2D eigenvalue weighted by Gasteiger charge is 2.34. The van der Waals surface area contributed by atoms with Crippen molar-refractivity contribution in [2.45, 2.75) is 19.6 Å². The van der Waals surface area contributed by atoms with E-state index >= 15 is 0 Å². The Kier molecular flexibility index (Phi) is 4.80. The van der Waals surface area contributed by atoms with Crippen molar-refractivity contribution < 1.29 is 14.3 Å². The Labute approximate surface area is 162 Å². The number of aromatic nitrogens is 3. The number of allylic oxidation sites excluding steroid dienone is 1. The Morgan fingerprint density at radius 1 is 1.18 bits per heavy atom. The van der Waals surface area contributed by atoms with Gasteiger partial charge in [0.2, 0.25) is 5.95 Å². The van der Waals surface area contributed by atoms with Crippen molar-refractivity contribution in [1.82, 2.24) is 14.8 Å². The molecule has 1 atom stereocenters. The summed E-state index contributed by atoms with van der Waals surface area (Å²) < 4.78 is 12.6. The lowest BCUT2D eigenvalue weighted by molar-refractivity contribution is -0.140. The molecule has 7 nitrogen and oxygen atoms in total. The molecule has 0 bridgehead atoms. The Morgan fingerprint density at radius 2 is 2.00 bits per heavy atom. The molecule has 7 heteroatoms. The monoisotopic (exact) mass is 376 g/mol. The van der Waals surface area contributed by atoms with Crippen LogP contribution in [-0.2, 0) is 16.1 Å². The molecule has 4 rings (SSSR count). The van der Waals surface area contributed by atoms with Gasteiger partial charge in [-0.2, -0.15) is 10.1 Å². The molecule has 142 valence electrons. The van der Waals surface area contributed by atoms with Crippen LogP contribution < -0.4 is 10.1 Å². The van der Waals surface area contributed by atoms with E-state index in [4.69, 9.17) is 9.47 Å². The third-order valence-corrected chi connectivity index (χ3v) is 4.64. The van der Waals surface area contributed by atoms with Crippen LogP contribution in [0.5, 0.6) is 5.75 Å². The van der Waals surface area contributed by atoms with Gasteiger partial charge >= 0.3 is 5.97 Å². The standard InChI is InChI=1S/C21H20N4O3/c1-14-18(20(26)28-12-15-7-4-3-5-8-15)19(25-21(24-14)22-13-23-25)16-9-6-10-17(11-16)27-2/h3-11,13,19H,12H2,1-2H3,(H,22,23,24)/t19-/m1/s1. The molecule has 0 saturated heterocycles. The first kappa shape index (κ1) is 17.8. The van der Waals surface area contributed by atoms with Crippen molar-refractivity contribution in [1.29, 1.82) is 0 Å². The Balaban J connectivity index is 1.69. The molecule has 3 aromatic rings. The maximum absolute atomic E-state index is 13.0. The lowest BCUT2D eigenvalue weighted by Gasteiger charge is -2.28. The van der Waals surface area contributed by atoms with E-state index in [1.807, 2.05) is 61.5 Å². The average Bonchev–Trinajstić information content (AvgIpc) is 3.19. The highest BCUT2D eigenvalue weighted by atomic mass is 16.5. The molecule has 1 aliphatic heterocycles. The van der Waals surface area contributed by atoms with Crippen LogP contribution in [0.25, 0.3) is 0 Å². The van der Waals surface area contributed by atoms with Gasteiger partial charge in [0, 0.05) is 5.70 Å². The van der Waals surface area contributed by atoms with Gasteiger partial charge < -0.3 is 14.8 Å². The maximum Gasteiger partial charge on any atom is 0.338 e. The molecule has 0 aliphatic carbocycles. The number of nitrogens with zero attached hydrogens (tertiary/aromatic N) is 3. The second-order valence-corrected chi connectivity index (χ2v) is 6.43. The van der Waals surface area contributed by atoms with E-state index in [-0.39, 0.29) is 6.61 Å². The van der Waals surface area contributed by atoms with Crippen LogP contribution in [-0.4, -0.2) is 27.8 Å². The Morgan fingerprint density at radius 3 is 2.79 bits per heavy atom. The Hall–Kier alpha value is -3.61. The quantitative estimate of drug-likeness (QED) is 0.688. The van der Waals surface area contributed by atoms with Gasteiger partial charge in [0.1, 0.15) is 24.7 Å². The number of ether oxygens (including phenoxy) is 2. The van der Waals surface area contributed by atoms with Crippen molar-refractivity contribution in [3.8, 4) is 5.75 Å². The average molecular weight is 376 g/mol. The van der Waals surface area contributed by atoms with E-state index in [0.717, 1.165) is 11.1 Å². The molecule has 0 spiro atoms. The zero-order chi connectivity index (χ0) is 19.5. The predicted octanol–water partition coefficient (Wildman–Crippen LogP) is 3.32. The summed E-state index contributed by atoms with van der Waals surface area (Å²) in [5.74, 6) is 0.875. The van der Waals surface area contributed by atoms with Gasteiger partial charge in [0.05, 0.1) is 12.7 Å². The van der Waals surface area contributed by atoms with Crippen LogP contribution in [0, 0.1) is 0 Å². The van der Waals surface area contributed by atoms with Crippen LogP contribution in [0.2, 0.25) is 0 Å². The SMILES string of the molecule is COc1cccc([C@@H]2C(C(=O)OCc3ccccc3)=C(C)Nc3ncnn32)c1. The summed E-state index contributed by atoms with van der Waals surface area (Å²) in [6.45, 7) is 2.04. The van der Waals surface area contributed by atoms with E-state index < -0.39 is 12.0 Å². The van der Waals surface area contributed by atoms with Crippen LogP contribution >= 0.6 is 0 Å². The number of anilines is 1. The van der Waals surface area contributed by atoms with Gasteiger partial charge in [0.25, 0.3) is 0 Å². The second kappa shape index (κ2) is 7.56. The third-order valence-electron chi connectivity index (χ3n) is 4.64. The molecule has 1 N–H and O–H groups in total. The van der Waals surface area contributed by atoms with Crippen molar-refractivity contribution >= 4 is 11.9 Å². The number of rotatable bonds is 5. The molecule has 0 unspecified atom stereocenters. The zero-order valence-electron chi connectivity index (χ0n) is 15.6. The summed E-state index contributed by atoms with van der Waals surface area (Å²) in [6, 6.07) is 16.7. The van der Waals surface area contributed by atoms with E-state index in [0.29, 0.717) is 23.0 Å². The van der Waals surface area contributed by atoms with Crippen LogP contribution in [0.1, 0.15) is 24.1 Å². The molecule has 0 radical (unpaired) electrons. The summed E-state index contributed by atoms with van der Waals surface area (Å²) in [5.41, 5.74) is 2.96. The smallest absolute Gasteiger partial charge is 0.338 e. The van der Waals surface area contributed by atoms with Crippen LogP contribution in [0.4, 0.5) is 5.95 Å². The fourth-order valence-corrected chi connectivity index (χ4v) is 3.28. The maximum atomic E-state index is 13.0. The van der Waals surface area contributed by atoms with Crippen LogP contribution in [0.3, 0.4) is 0 Å². The number of methoxy groups -OCH3 is 1. The second-order valence-electron chi connectivity index (χ2n) is 6.43. The van der Waals surface area contributed by atoms with Crippen molar-refractivity contribution in [2.75, 3.05) is 12.4 Å². The van der Waals surface area contributed by atoms with E-state index in [2.05, 4.69) is 15.4 Å². The minimum Gasteiger partial charge on any atom is -0.497 e. The molecule has 28 heavy (non-hydrogen) atoms. The Bertz CT molecular complexity index is 1030. The zero-order valence-corrected chi connectivity index (χ0v) is 15.6. The molecule has 0 amide bonds. The normalized spacial score (nSPS) is 15.6. The molecular weight excluding hydrogens is 356 g/mol. The highest BCUT2D eigenvalue weighted by Crippen LogP contribution is 2.36. The number of carbonyl (C=O) groups is 1. The van der Waals surface area contributed by atoms with E-state index in [9.17, 15) is 4.79 Å². The summed E-state index contributed by atoms with van der Waals surface area (Å²) >= 11 is 0. The number of nitrogens with one attached hydrogen (secondary N) is 1. The first-order valence-electron chi connectivity index (χ1n) is 8.89. The number of hydrogen-bond donors (Lipinski definition) is 1. The lowest BCUT2D eigenvalue weighted by atomic mass is 9.95. The fourth-order valence-electron chi connectivity index (χ4n) is 3.28. The topological polar surface area (TPSA) is 78.3 Å². The van der Waals surface area contributed by atoms with E-state index in [1.54, 1.807) is 11.8 Å². The first-order valence-corrected chi connectivity index (χ1v) is 8.89. The number of carbonyl (C=O) groups excluding carboxylic acids is 1. The number of benzene rings is 2. The lowest BCUT2D eigenvalue weighted by Crippen LogP contribution is -2.29. The summed E-state index contributed by atoms with van der Waals surface area (Å²) in [7, 11) is 1.61. The molecule has 1 aliphatic rings. The van der Waals surface area contributed by atoms with Gasteiger partial charge in [-0.05, 0) is 30.2 Å². The summed E-state index contributed by atoms with van der Waals surface area (Å²) in [5, 5.41) is 7.45. The molecule has 2 aromatic carbocycles. The largest absolute Gasteiger partial charge is 0.497 e. The minimum atomic E-state index is -0.461. The van der Waals surface area contributed by atoms with Crippen molar-refractivity contribution in [3.05, 3.63) is 83.3 Å². The van der Waals surface area contributed by atoms with Crippen LogP contribution in [0.15, 0.2) is 72.2 Å². The number of fused-ring (bicyclic) bond motifs is 1. The summed E-state index contributed by atoms with van der Waals surface area (Å²) in [4.78, 5) is 17.3. The fraction of sp³-hybridized carbons (Fsp3) is 0.190. The third kappa shape index (κ3) is 3.34. The van der Waals surface area contributed by atoms with E-state index in [1.165, 1.54) is 6.33 Å². The molecular formula is C21H20N4O3. The molecule has 0 saturated carbocycles. The van der Waals surface area contributed by atoms with Gasteiger partial charge in [0.15, 0.2) is 0 Å². The van der Waals surface area contributed by atoms with Gasteiger partial charge in [-0.1, -0.05) is 42.5 Å².